The van der Waals surface area contributed by atoms with Gasteiger partial charge in [0.15, 0.2) is 0 Å². The third-order valence-electron chi connectivity index (χ3n) is 1.20. The van der Waals surface area contributed by atoms with Gasteiger partial charge in [-0.15, -0.1) is 0 Å². The van der Waals surface area contributed by atoms with Crippen LogP contribution < -0.4 is 11.2 Å². The van der Waals surface area contributed by atoms with Crippen molar-refractivity contribution < 1.29 is 4.84 Å². The average molecular weight is 102 g/mol. The zero-order valence-electron chi connectivity index (χ0n) is 4.18. The van der Waals surface area contributed by atoms with E-state index in [9.17, 15) is 0 Å². The molecule has 1 aliphatic rings. The predicted molar refractivity (Wildman–Crippen MR) is 26.5 cm³/mol. The van der Waals surface area contributed by atoms with Gasteiger partial charge in [0.05, 0.1) is 6.61 Å². The first-order valence-corrected chi connectivity index (χ1v) is 2.46. The Balaban J connectivity index is 1.93. The molecule has 7 heavy (non-hydrogen) atoms. The molecule has 1 saturated heterocycles. The van der Waals surface area contributed by atoms with E-state index in [4.69, 9.17) is 5.90 Å². The third kappa shape index (κ3) is 1.12. The Labute approximate surface area is 42.8 Å². The summed E-state index contributed by atoms with van der Waals surface area (Å²) in [5.74, 6) is 5.48. The molecular weight excluding hydrogens is 92.1 g/mol. The molecular formula is C4H10N2O. The van der Waals surface area contributed by atoms with Crippen LogP contribution in [-0.2, 0) is 4.84 Å². The Morgan fingerprint density at radius 2 is 2.43 bits per heavy atom. The molecule has 0 unspecified atom stereocenters. The first-order valence-electron chi connectivity index (χ1n) is 2.46. The summed E-state index contributed by atoms with van der Waals surface area (Å²) in [6.07, 6.45) is 0. The maximum Gasteiger partial charge on any atom is 0.0731 e. The van der Waals surface area contributed by atoms with E-state index in [1.807, 2.05) is 0 Å². The molecule has 3 heteroatoms. The highest BCUT2D eigenvalue weighted by Crippen LogP contribution is 1.99. The second kappa shape index (κ2) is 2.26. The van der Waals surface area contributed by atoms with Crippen molar-refractivity contribution >= 4 is 0 Å². The molecule has 0 amide bonds. The Morgan fingerprint density at radius 1 is 1.71 bits per heavy atom. The minimum absolute atomic E-state index is 0.671. The zero-order valence-corrected chi connectivity index (χ0v) is 4.18. The van der Waals surface area contributed by atoms with Crippen LogP contribution in [-0.4, -0.2) is 19.7 Å². The van der Waals surface area contributed by atoms with E-state index in [0.717, 1.165) is 13.1 Å². The Morgan fingerprint density at radius 3 is 2.57 bits per heavy atom. The van der Waals surface area contributed by atoms with Crippen LogP contribution in [0.5, 0.6) is 0 Å². The second-order valence-electron chi connectivity index (χ2n) is 1.86. The molecule has 1 rings (SSSR count). The molecule has 0 radical (unpaired) electrons. The van der Waals surface area contributed by atoms with Crippen LogP contribution >= 0.6 is 0 Å². The fourth-order valence-electron chi connectivity index (χ4n) is 0.602. The molecule has 0 bridgehead atoms. The number of hydrogen-bond acceptors (Lipinski definition) is 3. The summed E-state index contributed by atoms with van der Waals surface area (Å²) < 4.78 is 0. The summed E-state index contributed by atoms with van der Waals surface area (Å²) in [6.45, 7) is 2.83. The number of hydrogen-bond donors (Lipinski definition) is 2. The van der Waals surface area contributed by atoms with Gasteiger partial charge >= 0.3 is 0 Å². The summed E-state index contributed by atoms with van der Waals surface area (Å²) in [4.78, 5) is 4.41. The molecule has 3 N–H and O–H groups in total. The van der Waals surface area contributed by atoms with Crippen LogP contribution in [0.4, 0.5) is 0 Å². The highest BCUT2D eigenvalue weighted by atomic mass is 16.6. The van der Waals surface area contributed by atoms with Crippen molar-refractivity contribution in [3.63, 3.8) is 0 Å². The molecule has 0 spiro atoms. The van der Waals surface area contributed by atoms with Gasteiger partial charge in [0, 0.05) is 19.0 Å². The predicted octanol–water partition coefficient (Wildman–Crippen LogP) is -0.904. The largest absolute Gasteiger partial charge is 0.316 e. The van der Waals surface area contributed by atoms with Gasteiger partial charge < -0.3 is 10.2 Å². The first kappa shape index (κ1) is 5.03. The van der Waals surface area contributed by atoms with E-state index in [-0.39, 0.29) is 0 Å². The third-order valence-corrected chi connectivity index (χ3v) is 1.20. The van der Waals surface area contributed by atoms with Crippen molar-refractivity contribution in [3.8, 4) is 0 Å². The number of nitrogens with two attached hydrogens (primary N) is 1. The first-order chi connectivity index (χ1) is 3.43. The number of rotatable bonds is 2. The van der Waals surface area contributed by atoms with Gasteiger partial charge in [-0.1, -0.05) is 0 Å². The van der Waals surface area contributed by atoms with Gasteiger partial charge in [-0.25, -0.2) is 5.90 Å². The Kier molecular flexibility index (Phi) is 1.62. The summed E-state index contributed by atoms with van der Waals surface area (Å²) >= 11 is 0. The Bertz CT molecular complexity index is 53.7. The van der Waals surface area contributed by atoms with Gasteiger partial charge in [-0.3, -0.25) is 0 Å². The van der Waals surface area contributed by atoms with Crippen LogP contribution in [0.3, 0.4) is 0 Å². The summed E-state index contributed by atoms with van der Waals surface area (Å²) in [5, 5.41) is 3.11. The van der Waals surface area contributed by atoms with Crippen molar-refractivity contribution in [1.82, 2.24) is 5.32 Å². The van der Waals surface area contributed by atoms with Crippen LogP contribution in [0.15, 0.2) is 0 Å². The molecule has 1 aliphatic heterocycles. The van der Waals surface area contributed by atoms with Crippen LogP contribution in [0.1, 0.15) is 0 Å². The van der Waals surface area contributed by atoms with E-state index < -0.39 is 0 Å². The molecule has 3 nitrogen and oxygen atoms in total. The highest BCUT2D eigenvalue weighted by molar-refractivity contribution is 4.72. The lowest BCUT2D eigenvalue weighted by molar-refractivity contribution is 0.0811. The zero-order chi connectivity index (χ0) is 5.11. The molecule has 0 aromatic carbocycles. The normalized spacial score (nSPS) is 21.9. The maximum absolute atomic E-state index is 4.81. The van der Waals surface area contributed by atoms with Gasteiger partial charge in [0.1, 0.15) is 0 Å². The van der Waals surface area contributed by atoms with Gasteiger partial charge in [-0.2, -0.15) is 0 Å². The summed E-state index contributed by atoms with van der Waals surface area (Å²) in [7, 11) is 0. The standard InChI is InChI=1S/C4H10N2O/c5-7-3-4-1-6-2-4/h4,6H,1-3,5H2. The van der Waals surface area contributed by atoms with E-state index >= 15 is 0 Å². The smallest absolute Gasteiger partial charge is 0.0731 e. The molecule has 0 aromatic heterocycles. The van der Waals surface area contributed by atoms with Crippen molar-refractivity contribution in [2.45, 2.75) is 0 Å². The molecule has 0 aromatic rings. The van der Waals surface area contributed by atoms with E-state index in [1.54, 1.807) is 0 Å². The molecule has 0 saturated carbocycles. The Hall–Kier alpha value is -0.120. The van der Waals surface area contributed by atoms with Crippen molar-refractivity contribution in [1.29, 1.82) is 0 Å². The topological polar surface area (TPSA) is 47.3 Å². The van der Waals surface area contributed by atoms with Gasteiger partial charge in [0.25, 0.3) is 0 Å². The lowest BCUT2D eigenvalue weighted by atomic mass is 10.1. The molecule has 42 valence electrons. The van der Waals surface area contributed by atoms with Crippen LogP contribution in [0.25, 0.3) is 0 Å². The number of nitrogens with one attached hydrogen (secondary N) is 1. The van der Waals surface area contributed by atoms with E-state index in [0.29, 0.717) is 12.5 Å². The monoisotopic (exact) mass is 102 g/mol. The van der Waals surface area contributed by atoms with Crippen LogP contribution in [0.2, 0.25) is 0 Å². The van der Waals surface area contributed by atoms with Crippen molar-refractivity contribution in [2.75, 3.05) is 19.7 Å². The van der Waals surface area contributed by atoms with Gasteiger partial charge in [-0.05, 0) is 0 Å². The highest BCUT2D eigenvalue weighted by Gasteiger charge is 2.15. The quantitative estimate of drug-likeness (QED) is 0.444. The summed E-state index contributed by atoms with van der Waals surface area (Å²) in [6, 6.07) is 0. The SMILES string of the molecule is NOCC1CNC1. The maximum atomic E-state index is 4.81. The molecule has 1 fully saturated rings. The minimum atomic E-state index is 0.671. The average Bonchev–Trinajstić information content (AvgIpc) is 1.55. The lowest BCUT2D eigenvalue weighted by Gasteiger charge is -2.25. The van der Waals surface area contributed by atoms with Gasteiger partial charge in [0.2, 0.25) is 0 Å². The molecule has 0 atom stereocenters. The summed E-state index contributed by atoms with van der Waals surface area (Å²) in [5.41, 5.74) is 0. The fraction of sp³-hybridized carbons (Fsp3) is 1.00. The molecule has 1 heterocycles. The second-order valence-corrected chi connectivity index (χ2v) is 1.86. The van der Waals surface area contributed by atoms with Crippen molar-refractivity contribution in [3.05, 3.63) is 0 Å². The minimum Gasteiger partial charge on any atom is -0.316 e. The molecule has 0 aliphatic carbocycles. The fourth-order valence-corrected chi connectivity index (χ4v) is 0.602. The van der Waals surface area contributed by atoms with E-state index in [2.05, 4.69) is 10.2 Å². The van der Waals surface area contributed by atoms with Crippen LogP contribution in [0, 0.1) is 5.92 Å². The lowest BCUT2D eigenvalue weighted by Crippen LogP contribution is -2.44. The van der Waals surface area contributed by atoms with E-state index in [1.165, 1.54) is 0 Å². The van der Waals surface area contributed by atoms with Crippen molar-refractivity contribution in [2.24, 2.45) is 11.8 Å².